The Kier molecular flexibility index (Phi) is 3.29. The van der Waals surface area contributed by atoms with Gasteiger partial charge in [0.05, 0.1) is 11.7 Å². The van der Waals surface area contributed by atoms with Crippen LogP contribution >= 0.6 is 11.6 Å². The van der Waals surface area contributed by atoms with Crippen LogP contribution < -0.4 is 4.74 Å². The van der Waals surface area contributed by atoms with Crippen LogP contribution in [0, 0.1) is 0 Å². The third-order valence-electron chi connectivity index (χ3n) is 2.81. The van der Waals surface area contributed by atoms with Gasteiger partial charge in [-0.2, -0.15) is 0 Å². The van der Waals surface area contributed by atoms with Crippen molar-refractivity contribution in [3.8, 4) is 5.75 Å². The SMILES string of the molecule is Clc1ccc(OCc2cccc3cccnc23)cn1. The third kappa shape index (κ3) is 2.66. The van der Waals surface area contributed by atoms with Gasteiger partial charge in [0, 0.05) is 17.1 Å². The van der Waals surface area contributed by atoms with Crippen LogP contribution in [0.1, 0.15) is 5.56 Å². The predicted octanol–water partition coefficient (Wildman–Crippen LogP) is 3.86. The van der Waals surface area contributed by atoms with Crippen LogP contribution in [0.4, 0.5) is 0 Å². The molecule has 0 bridgehead atoms. The first-order valence-electron chi connectivity index (χ1n) is 5.90. The van der Waals surface area contributed by atoms with Crippen molar-refractivity contribution in [2.75, 3.05) is 0 Å². The van der Waals surface area contributed by atoms with E-state index >= 15 is 0 Å². The third-order valence-corrected chi connectivity index (χ3v) is 3.03. The Morgan fingerprint density at radius 2 is 1.89 bits per heavy atom. The van der Waals surface area contributed by atoms with E-state index in [1.807, 2.05) is 30.3 Å². The van der Waals surface area contributed by atoms with Crippen LogP contribution in [-0.4, -0.2) is 9.97 Å². The van der Waals surface area contributed by atoms with E-state index in [1.54, 1.807) is 24.5 Å². The van der Waals surface area contributed by atoms with Gasteiger partial charge in [-0.05, 0) is 18.2 Å². The molecule has 0 saturated carbocycles. The summed E-state index contributed by atoms with van der Waals surface area (Å²) in [6, 6.07) is 13.5. The number of para-hydroxylation sites is 1. The number of halogens is 1. The molecule has 3 nitrogen and oxygen atoms in total. The Morgan fingerprint density at radius 3 is 2.74 bits per heavy atom. The fraction of sp³-hybridized carbons (Fsp3) is 0.0667. The number of fused-ring (bicyclic) bond motifs is 1. The summed E-state index contributed by atoms with van der Waals surface area (Å²) < 4.78 is 5.69. The van der Waals surface area contributed by atoms with E-state index in [2.05, 4.69) is 9.97 Å². The van der Waals surface area contributed by atoms with Gasteiger partial charge >= 0.3 is 0 Å². The largest absolute Gasteiger partial charge is 0.487 e. The summed E-state index contributed by atoms with van der Waals surface area (Å²) in [6.07, 6.45) is 3.40. The molecule has 0 radical (unpaired) electrons. The van der Waals surface area contributed by atoms with Gasteiger partial charge in [-0.15, -0.1) is 0 Å². The summed E-state index contributed by atoms with van der Waals surface area (Å²) in [5, 5.41) is 1.57. The van der Waals surface area contributed by atoms with Crippen LogP contribution in [-0.2, 0) is 6.61 Å². The van der Waals surface area contributed by atoms with Crippen LogP contribution in [0.25, 0.3) is 10.9 Å². The molecular formula is C15H11ClN2O. The van der Waals surface area contributed by atoms with E-state index in [0.717, 1.165) is 16.5 Å². The second kappa shape index (κ2) is 5.24. The van der Waals surface area contributed by atoms with Gasteiger partial charge in [0.1, 0.15) is 17.5 Å². The first-order valence-corrected chi connectivity index (χ1v) is 6.28. The second-order valence-corrected chi connectivity index (χ2v) is 4.48. The van der Waals surface area contributed by atoms with Crippen molar-refractivity contribution in [3.05, 3.63) is 65.6 Å². The minimum atomic E-state index is 0.456. The Morgan fingerprint density at radius 1 is 1.00 bits per heavy atom. The molecule has 0 N–H and O–H groups in total. The Labute approximate surface area is 115 Å². The molecule has 0 saturated heterocycles. The molecule has 2 heterocycles. The number of hydrogen-bond donors (Lipinski definition) is 0. The molecular weight excluding hydrogens is 260 g/mol. The molecule has 19 heavy (non-hydrogen) atoms. The molecule has 0 aliphatic rings. The van der Waals surface area contributed by atoms with E-state index in [4.69, 9.17) is 16.3 Å². The van der Waals surface area contributed by atoms with Crippen molar-refractivity contribution < 1.29 is 4.74 Å². The maximum absolute atomic E-state index is 5.73. The molecule has 3 aromatic rings. The van der Waals surface area contributed by atoms with Crippen molar-refractivity contribution in [3.63, 3.8) is 0 Å². The fourth-order valence-electron chi connectivity index (χ4n) is 1.89. The van der Waals surface area contributed by atoms with E-state index in [-0.39, 0.29) is 0 Å². The minimum Gasteiger partial charge on any atom is -0.487 e. The summed E-state index contributed by atoms with van der Waals surface area (Å²) in [7, 11) is 0. The number of pyridine rings is 2. The summed E-state index contributed by atoms with van der Waals surface area (Å²) in [6.45, 7) is 0.456. The normalized spacial score (nSPS) is 10.6. The number of benzene rings is 1. The molecule has 0 aliphatic heterocycles. The lowest BCUT2D eigenvalue weighted by molar-refractivity contribution is 0.306. The lowest BCUT2D eigenvalue weighted by Gasteiger charge is -2.08. The monoisotopic (exact) mass is 270 g/mol. The molecule has 94 valence electrons. The zero-order valence-electron chi connectivity index (χ0n) is 10.1. The fourth-order valence-corrected chi connectivity index (χ4v) is 2.00. The minimum absolute atomic E-state index is 0.456. The Balaban J connectivity index is 1.84. The van der Waals surface area contributed by atoms with Gasteiger partial charge in [-0.3, -0.25) is 4.98 Å². The number of hydrogen-bond acceptors (Lipinski definition) is 3. The summed E-state index contributed by atoms with van der Waals surface area (Å²) in [5.41, 5.74) is 2.01. The summed E-state index contributed by atoms with van der Waals surface area (Å²) in [4.78, 5) is 8.37. The van der Waals surface area contributed by atoms with Crippen LogP contribution in [0.5, 0.6) is 5.75 Å². The highest BCUT2D eigenvalue weighted by molar-refractivity contribution is 6.29. The molecule has 0 amide bonds. The van der Waals surface area contributed by atoms with Crippen molar-refractivity contribution in [2.24, 2.45) is 0 Å². The average molecular weight is 271 g/mol. The summed E-state index contributed by atoms with van der Waals surface area (Å²) >= 11 is 5.73. The van der Waals surface area contributed by atoms with Gasteiger partial charge in [-0.1, -0.05) is 35.9 Å². The van der Waals surface area contributed by atoms with Crippen molar-refractivity contribution in [1.29, 1.82) is 0 Å². The highest BCUT2D eigenvalue weighted by atomic mass is 35.5. The highest BCUT2D eigenvalue weighted by Gasteiger charge is 2.03. The molecule has 4 heteroatoms. The van der Waals surface area contributed by atoms with Crippen LogP contribution in [0.15, 0.2) is 54.9 Å². The van der Waals surface area contributed by atoms with Crippen molar-refractivity contribution in [1.82, 2.24) is 9.97 Å². The molecule has 0 fully saturated rings. The number of rotatable bonds is 3. The van der Waals surface area contributed by atoms with Crippen LogP contribution in [0.2, 0.25) is 5.15 Å². The molecule has 0 aliphatic carbocycles. The smallest absolute Gasteiger partial charge is 0.138 e. The van der Waals surface area contributed by atoms with Crippen molar-refractivity contribution >= 4 is 22.5 Å². The second-order valence-electron chi connectivity index (χ2n) is 4.10. The van der Waals surface area contributed by atoms with Crippen molar-refractivity contribution in [2.45, 2.75) is 6.61 Å². The average Bonchev–Trinajstić information content (AvgIpc) is 2.47. The maximum Gasteiger partial charge on any atom is 0.138 e. The standard InChI is InChI=1S/C15H11ClN2O/c16-14-7-6-13(9-18-14)19-10-12-4-1-3-11-5-2-8-17-15(11)12/h1-9H,10H2. The van der Waals surface area contributed by atoms with E-state index in [0.29, 0.717) is 17.5 Å². The number of nitrogens with zero attached hydrogens (tertiary/aromatic N) is 2. The van der Waals surface area contributed by atoms with E-state index < -0.39 is 0 Å². The Bertz CT molecular complexity index is 693. The molecule has 1 aromatic carbocycles. The topological polar surface area (TPSA) is 35.0 Å². The maximum atomic E-state index is 5.73. The zero-order chi connectivity index (χ0) is 13.1. The number of aromatic nitrogens is 2. The zero-order valence-corrected chi connectivity index (χ0v) is 10.8. The van der Waals surface area contributed by atoms with Gasteiger partial charge < -0.3 is 4.74 Å². The van der Waals surface area contributed by atoms with Gasteiger partial charge in [0.2, 0.25) is 0 Å². The highest BCUT2D eigenvalue weighted by Crippen LogP contribution is 2.19. The predicted molar refractivity (Wildman–Crippen MR) is 75.3 cm³/mol. The molecule has 2 aromatic heterocycles. The first kappa shape index (κ1) is 11.9. The van der Waals surface area contributed by atoms with Crippen LogP contribution in [0.3, 0.4) is 0 Å². The number of ether oxygens (including phenoxy) is 1. The lowest BCUT2D eigenvalue weighted by Crippen LogP contribution is -1.97. The van der Waals surface area contributed by atoms with Gasteiger partial charge in [-0.25, -0.2) is 4.98 Å². The molecule has 0 unspecified atom stereocenters. The lowest BCUT2D eigenvalue weighted by atomic mass is 10.1. The molecule has 0 spiro atoms. The molecule has 0 atom stereocenters. The van der Waals surface area contributed by atoms with Gasteiger partial charge in [0.25, 0.3) is 0 Å². The first-order chi connectivity index (χ1) is 9.33. The Hall–Kier alpha value is -2.13. The van der Waals surface area contributed by atoms with E-state index in [9.17, 15) is 0 Å². The molecule has 3 rings (SSSR count). The van der Waals surface area contributed by atoms with Gasteiger partial charge in [0.15, 0.2) is 0 Å². The van der Waals surface area contributed by atoms with E-state index in [1.165, 1.54) is 0 Å². The quantitative estimate of drug-likeness (QED) is 0.678. The summed E-state index contributed by atoms with van der Waals surface area (Å²) in [5.74, 6) is 0.692.